The van der Waals surface area contributed by atoms with Crippen molar-refractivity contribution in [2.45, 2.75) is 96.9 Å². The van der Waals surface area contributed by atoms with Crippen molar-refractivity contribution in [3.05, 3.63) is 0 Å². The SMILES string of the molecule is CCCCCC(NCCC)C1CCC2CCCCC2C1. The largest absolute Gasteiger partial charge is 0.314 e. The third kappa shape index (κ3) is 4.76. The molecule has 0 radical (unpaired) electrons. The lowest BCUT2D eigenvalue weighted by atomic mass is 9.65. The summed E-state index contributed by atoms with van der Waals surface area (Å²) < 4.78 is 0. The quantitative estimate of drug-likeness (QED) is 0.575. The average molecular weight is 280 g/mol. The van der Waals surface area contributed by atoms with E-state index in [9.17, 15) is 0 Å². The highest BCUT2D eigenvalue weighted by molar-refractivity contribution is 4.88. The molecule has 2 rings (SSSR count). The molecule has 118 valence electrons. The Morgan fingerprint density at radius 2 is 1.70 bits per heavy atom. The van der Waals surface area contributed by atoms with Crippen LogP contribution in [0.25, 0.3) is 0 Å². The molecular weight excluding hydrogens is 242 g/mol. The van der Waals surface area contributed by atoms with E-state index in [2.05, 4.69) is 19.2 Å². The fourth-order valence-corrected chi connectivity index (χ4v) is 4.72. The number of unbranched alkanes of at least 4 members (excludes halogenated alkanes) is 2. The second-order valence-corrected chi connectivity index (χ2v) is 7.43. The van der Waals surface area contributed by atoms with E-state index in [-0.39, 0.29) is 0 Å². The monoisotopic (exact) mass is 279 g/mol. The van der Waals surface area contributed by atoms with Gasteiger partial charge in [-0.25, -0.2) is 0 Å². The van der Waals surface area contributed by atoms with Crippen molar-refractivity contribution in [3.63, 3.8) is 0 Å². The molecule has 1 N–H and O–H groups in total. The topological polar surface area (TPSA) is 12.0 Å². The maximum absolute atomic E-state index is 3.89. The van der Waals surface area contributed by atoms with E-state index in [1.165, 1.54) is 77.2 Å². The van der Waals surface area contributed by atoms with Gasteiger partial charge in [0, 0.05) is 6.04 Å². The Morgan fingerprint density at radius 1 is 0.900 bits per heavy atom. The van der Waals surface area contributed by atoms with Gasteiger partial charge in [0.2, 0.25) is 0 Å². The van der Waals surface area contributed by atoms with E-state index in [1.807, 2.05) is 0 Å². The predicted octanol–water partition coefficient (Wildman–Crippen LogP) is 5.54. The lowest BCUT2D eigenvalue weighted by Crippen LogP contribution is -2.41. The van der Waals surface area contributed by atoms with Crippen LogP contribution in [0.5, 0.6) is 0 Å². The third-order valence-corrected chi connectivity index (χ3v) is 5.92. The van der Waals surface area contributed by atoms with Crippen LogP contribution >= 0.6 is 0 Å². The van der Waals surface area contributed by atoms with E-state index in [0.717, 1.165) is 23.8 Å². The van der Waals surface area contributed by atoms with Crippen molar-refractivity contribution in [3.8, 4) is 0 Å². The third-order valence-electron chi connectivity index (χ3n) is 5.92. The fraction of sp³-hybridized carbons (Fsp3) is 1.00. The molecule has 20 heavy (non-hydrogen) atoms. The van der Waals surface area contributed by atoms with Gasteiger partial charge < -0.3 is 5.32 Å². The second kappa shape index (κ2) is 9.07. The Balaban J connectivity index is 1.83. The molecule has 0 aromatic heterocycles. The maximum Gasteiger partial charge on any atom is 0.00954 e. The highest BCUT2D eigenvalue weighted by atomic mass is 14.9. The zero-order chi connectivity index (χ0) is 14.2. The molecule has 2 aliphatic carbocycles. The fourth-order valence-electron chi connectivity index (χ4n) is 4.72. The van der Waals surface area contributed by atoms with Crippen molar-refractivity contribution in [2.24, 2.45) is 17.8 Å². The van der Waals surface area contributed by atoms with Crippen molar-refractivity contribution < 1.29 is 0 Å². The van der Waals surface area contributed by atoms with Gasteiger partial charge in [-0.1, -0.05) is 58.8 Å². The smallest absolute Gasteiger partial charge is 0.00954 e. The van der Waals surface area contributed by atoms with Crippen molar-refractivity contribution in [1.29, 1.82) is 0 Å². The van der Waals surface area contributed by atoms with Crippen LogP contribution in [0.2, 0.25) is 0 Å². The van der Waals surface area contributed by atoms with Gasteiger partial charge in [0.15, 0.2) is 0 Å². The Morgan fingerprint density at radius 3 is 2.45 bits per heavy atom. The van der Waals surface area contributed by atoms with Crippen molar-refractivity contribution >= 4 is 0 Å². The lowest BCUT2D eigenvalue weighted by Gasteiger charge is -2.42. The van der Waals surface area contributed by atoms with Gasteiger partial charge >= 0.3 is 0 Å². The van der Waals surface area contributed by atoms with E-state index < -0.39 is 0 Å². The number of hydrogen-bond donors (Lipinski definition) is 1. The molecule has 0 amide bonds. The van der Waals surface area contributed by atoms with Gasteiger partial charge in [-0.05, 0) is 56.4 Å². The molecule has 2 fully saturated rings. The van der Waals surface area contributed by atoms with E-state index in [0.29, 0.717) is 0 Å². The second-order valence-electron chi connectivity index (χ2n) is 7.43. The molecule has 0 aromatic carbocycles. The first-order chi connectivity index (χ1) is 9.85. The van der Waals surface area contributed by atoms with Crippen LogP contribution in [0.1, 0.15) is 90.9 Å². The first-order valence-corrected chi connectivity index (χ1v) is 9.58. The summed E-state index contributed by atoms with van der Waals surface area (Å²) >= 11 is 0. The molecular formula is C19H37N. The molecule has 0 bridgehead atoms. The summed E-state index contributed by atoms with van der Waals surface area (Å²) in [5.74, 6) is 3.17. The van der Waals surface area contributed by atoms with Gasteiger partial charge in [0.25, 0.3) is 0 Å². The minimum Gasteiger partial charge on any atom is -0.314 e. The highest BCUT2D eigenvalue weighted by Crippen LogP contribution is 2.44. The standard InChI is InChI=1S/C19H37N/c1-3-5-6-11-19(20-14-4-2)18-13-12-16-9-7-8-10-17(16)15-18/h16-20H,3-15H2,1-2H3. The van der Waals surface area contributed by atoms with Crippen molar-refractivity contribution in [2.75, 3.05) is 6.54 Å². The lowest BCUT2D eigenvalue weighted by molar-refractivity contribution is 0.106. The number of fused-ring (bicyclic) bond motifs is 1. The molecule has 2 saturated carbocycles. The summed E-state index contributed by atoms with van der Waals surface area (Å²) in [4.78, 5) is 0. The molecule has 1 heteroatoms. The summed E-state index contributed by atoms with van der Waals surface area (Å²) in [5.41, 5.74) is 0. The molecule has 0 spiro atoms. The molecule has 4 atom stereocenters. The van der Waals surface area contributed by atoms with Gasteiger partial charge in [-0.15, -0.1) is 0 Å². The summed E-state index contributed by atoms with van der Waals surface area (Å²) in [6.07, 6.45) is 17.6. The van der Waals surface area contributed by atoms with Crippen LogP contribution in [0.4, 0.5) is 0 Å². The normalized spacial score (nSPS) is 31.8. The summed E-state index contributed by atoms with van der Waals surface area (Å²) in [6, 6.07) is 0.823. The Labute approximate surface area is 127 Å². The molecule has 0 aliphatic heterocycles. The Kier molecular flexibility index (Phi) is 7.41. The van der Waals surface area contributed by atoms with E-state index >= 15 is 0 Å². The summed E-state index contributed by atoms with van der Waals surface area (Å²) in [7, 11) is 0. The number of rotatable bonds is 8. The van der Waals surface area contributed by atoms with Crippen LogP contribution in [-0.4, -0.2) is 12.6 Å². The molecule has 4 unspecified atom stereocenters. The molecule has 2 aliphatic rings. The minimum absolute atomic E-state index is 0.823. The highest BCUT2D eigenvalue weighted by Gasteiger charge is 2.34. The zero-order valence-corrected chi connectivity index (χ0v) is 14.0. The van der Waals surface area contributed by atoms with Gasteiger partial charge in [-0.2, -0.15) is 0 Å². The molecule has 1 nitrogen and oxygen atoms in total. The average Bonchev–Trinajstić information content (AvgIpc) is 2.50. The van der Waals surface area contributed by atoms with Crippen LogP contribution in [-0.2, 0) is 0 Å². The molecule has 0 heterocycles. The first kappa shape index (κ1) is 16.3. The summed E-state index contributed by atoms with van der Waals surface area (Å²) in [5, 5.41) is 3.89. The van der Waals surface area contributed by atoms with Crippen molar-refractivity contribution in [1.82, 2.24) is 5.32 Å². The maximum atomic E-state index is 3.89. The molecule has 0 saturated heterocycles. The number of nitrogens with one attached hydrogen (secondary N) is 1. The predicted molar refractivity (Wildman–Crippen MR) is 89.0 cm³/mol. The van der Waals surface area contributed by atoms with Gasteiger partial charge in [0.1, 0.15) is 0 Å². The zero-order valence-electron chi connectivity index (χ0n) is 14.0. The van der Waals surface area contributed by atoms with E-state index in [1.54, 1.807) is 6.42 Å². The van der Waals surface area contributed by atoms with Crippen LogP contribution in [0.15, 0.2) is 0 Å². The molecule has 0 aromatic rings. The first-order valence-electron chi connectivity index (χ1n) is 9.58. The van der Waals surface area contributed by atoms with Gasteiger partial charge in [0.05, 0.1) is 0 Å². The number of hydrogen-bond acceptors (Lipinski definition) is 1. The van der Waals surface area contributed by atoms with Crippen LogP contribution < -0.4 is 5.32 Å². The van der Waals surface area contributed by atoms with Crippen LogP contribution in [0.3, 0.4) is 0 Å². The van der Waals surface area contributed by atoms with Crippen LogP contribution in [0, 0.1) is 17.8 Å². The van der Waals surface area contributed by atoms with Gasteiger partial charge in [-0.3, -0.25) is 0 Å². The minimum atomic E-state index is 0.823. The Bertz CT molecular complexity index is 248. The summed E-state index contributed by atoms with van der Waals surface area (Å²) in [6.45, 7) is 5.84. The van der Waals surface area contributed by atoms with E-state index in [4.69, 9.17) is 0 Å². The Hall–Kier alpha value is -0.0400.